The Balaban J connectivity index is 1.87. The molecule has 0 aliphatic rings. The van der Waals surface area contributed by atoms with E-state index in [0.717, 1.165) is 30.0 Å². The molecule has 0 aliphatic carbocycles. The van der Waals surface area contributed by atoms with Gasteiger partial charge >= 0.3 is 0 Å². The second-order valence-electron chi connectivity index (χ2n) is 3.66. The van der Waals surface area contributed by atoms with Gasteiger partial charge in [0.15, 0.2) is 0 Å². The number of nitrogens with two attached hydrogens (primary N) is 1. The van der Waals surface area contributed by atoms with Crippen molar-refractivity contribution in [3.8, 4) is 0 Å². The molecule has 3 N–H and O–H groups in total. The van der Waals surface area contributed by atoms with Crippen LogP contribution in [0.5, 0.6) is 0 Å². The van der Waals surface area contributed by atoms with Gasteiger partial charge in [0.1, 0.15) is 0 Å². The van der Waals surface area contributed by atoms with Crippen LogP contribution in [-0.2, 0) is 6.54 Å². The van der Waals surface area contributed by atoms with Crippen LogP contribution in [-0.4, -0.2) is 21.5 Å². The maximum absolute atomic E-state index is 5.74. The molecule has 1 aromatic heterocycles. The second kappa shape index (κ2) is 4.65. The van der Waals surface area contributed by atoms with E-state index in [2.05, 4.69) is 15.6 Å². The van der Waals surface area contributed by atoms with Crippen molar-refractivity contribution in [2.75, 3.05) is 17.6 Å². The van der Waals surface area contributed by atoms with Gasteiger partial charge in [-0.2, -0.15) is 0 Å². The fourth-order valence-electron chi connectivity index (χ4n) is 1.45. The van der Waals surface area contributed by atoms with Gasteiger partial charge in [0.2, 0.25) is 0 Å². The lowest BCUT2D eigenvalue weighted by atomic mass is 10.2. The zero-order valence-electron chi connectivity index (χ0n) is 9.22. The summed E-state index contributed by atoms with van der Waals surface area (Å²) in [5, 5.41) is 10.9. The number of anilines is 2. The number of nitrogens with one attached hydrogen (secondary N) is 1. The molecule has 2 rings (SSSR count). The molecule has 0 amide bonds. The van der Waals surface area contributed by atoms with Gasteiger partial charge in [0.05, 0.1) is 12.7 Å². The lowest BCUT2D eigenvalue weighted by Crippen LogP contribution is -2.11. The molecule has 1 aromatic carbocycles. The van der Waals surface area contributed by atoms with Crippen LogP contribution < -0.4 is 11.1 Å². The van der Waals surface area contributed by atoms with Gasteiger partial charge in [-0.15, -0.1) is 5.10 Å². The molecule has 0 fully saturated rings. The van der Waals surface area contributed by atoms with Crippen LogP contribution in [0.1, 0.15) is 5.56 Å². The number of nitrogens with zero attached hydrogens (tertiary/aromatic N) is 3. The predicted octanol–water partition coefficient (Wildman–Crippen LogP) is 1.28. The van der Waals surface area contributed by atoms with Crippen molar-refractivity contribution in [3.63, 3.8) is 0 Å². The summed E-state index contributed by atoms with van der Waals surface area (Å²) in [5.74, 6) is 0. The molecule has 0 saturated heterocycles. The zero-order chi connectivity index (χ0) is 11.4. The van der Waals surface area contributed by atoms with E-state index in [1.807, 2.05) is 31.3 Å². The van der Waals surface area contributed by atoms with Crippen LogP contribution in [0.2, 0.25) is 0 Å². The monoisotopic (exact) mass is 217 g/mol. The van der Waals surface area contributed by atoms with Crippen molar-refractivity contribution in [1.29, 1.82) is 0 Å². The Hall–Kier alpha value is -2.04. The van der Waals surface area contributed by atoms with Crippen molar-refractivity contribution in [2.45, 2.75) is 13.5 Å². The number of rotatable bonds is 4. The van der Waals surface area contributed by atoms with Crippen LogP contribution in [0, 0.1) is 6.92 Å². The second-order valence-corrected chi connectivity index (χ2v) is 3.66. The molecular weight excluding hydrogens is 202 g/mol. The van der Waals surface area contributed by atoms with Crippen molar-refractivity contribution < 1.29 is 0 Å². The lowest BCUT2D eigenvalue weighted by Gasteiger charge is -2.08. The number of hydrogen-bond donors (Lipinski definition) is 2. The summed E-state index contributed by atoms with van der Waals surface area (Å²) in [6.07, 6.45) is 3.52. The fraction of sp³-hybridized carbons (Fsp3) is 0.273. The largest absolute Gasteiger partial charge is 0.399 e. The van der Waals surface area contributed by atoms with E-state index in [0.29, 0.717) is 0 Å². The van der Waals surface area contributed by atoms with Gasteiger partial charge in [-0.25, -0.2) is 0 Å². The summed E-state index contributed by atoms with van der Waals surface area (Å²) < 4.78 is 1.79. The first-order valence-corrected chi connectivity index (χ1v) is 5.20. The first-order chi connectivity index (χ1) is 7.75. The van der Waals surface area contributed by atoms with Gasteiger partial charge in [-0.3, -0.25) is 4.68 Å². The molecule has 0 atom stereocenters. The van der Waals surface area contributed by atoms with Gasteiger partial charge in [-0.05, 0) is 30.7 Å². The summed E-state index contributed by atoms with van der Waals surface area (Å²) in [6, 6.07) is 5.92. The minimum Gasteiger partial charge on any atom is -0.399 e. The average Bonchev–Trinajstić information content (AvgIpc) is 2.76. The maximum atomic E-state index is 5.74. The smallest absolute Gasteiger partial charge is 0.0692 e. The highest BCUT2D eigenvalue weighted by Crippen LogP contribution is 2.16. The Bertz CT molecular complexity index is 449. The SMILES string of the molecule is Cc1cc(NCCn2ccnn2)ccc1N. The van der Waals surface area contributed by atoms with Gasteiger partial charge in [-0.1, -0.05) is 5.21 Å². The minimum atomic E-state index is 0.795. The number of nitrogen functional groups attached to an aromatic ring is 1. The van der Waals surface area contributed by atoms with E-state index in [-0.39, 0.29) is 0 Å². The van der Waals surface area contributed by atoms with Crippen molar-refractivity contribution in [3.05, 3.63) is 36.2 Å². The highest BCUT2D eigenvalue weighted by atomic mass is 15.4. The Kier molecular flexibility index (Phi) is 3.05. The Morgan fingerprint density at radius 2 is 2.31 bits per heavy atom. The molecular formula is C11H15N5. The number of benzene rings is 1. The Labute approximate surface area is 94.3 Å². The topological polar surface area (TPSA) is 68.8 Å². The number of aromatic nitrogens is 3. The summed E-state index contributed by atoms with van der Waals surface area (Å²) in [5.41, 5.74) is 8.73. The quantitative estimate of drug-likeness (QED) is 0.757. The molecule has 0 aliphatic heterocycles. The molecule has 0 spiro atoms. The first-order valence-electron chi connectivity index (χ1n) is 5.20. The third-order valence-corrected chi connectivity index (χ3v) is 2.41. The van der Waals surface area contributed by atoms with E-state index in [4.69, 9.17) is 5.73 Å². The Morgan fingerprint density at radius 3 is 3.00 bits per heavy atom. The molecule has 0 saturated carbocycles. The summed E-state index contributed by atoms with van der Waals surface area (Å²) in [4.78, 5) is 0. The molecule has 1 heterocycles. The van der Waals surface area contributed by atoms with Crippen molar-refractivity contribution in [1.82, 2.24) is 15.0 Å². The first kappa shape index (κ1) is 10.5. The van der Waals surface area contributed by atoms with Crippen molar-refractivity contribution in [2.24, 2.45) is 0 Å². The highest BCUT2D eigenvalue weighted by Gasteiger charge is 1.96. The Morgan fingerprint density at radius 1 is 1.44 bits per heavy atom. The fourth-order valence-corrected chi connectivity index (χ4v) is 1.45. The average molecular weight is 217 g/mol. The third kappa shape index (κ3) is 2.50. The number of aryl methyl sites for hydroxylation is 1. The molecule has 2 aromatic rings. The van der Waals surface area contributed by atoms with E-state index < -0.39 is 0 Å². The molecule has 0 bridgehead atoms. The molecule has 5 heteroatoms. The summed E-state index contributed by atoms with van der Waals surface area (Å²) in [6.45, 7) is 3.61. The van der Waals surface area contributed by atoms with Gasteiger partial charge in [0.25, 0.3) is 0 Å². The molecule has 0 radical (unpaired) electrons. The van der Waals surface area contributed by atoms with Crippen LogP contribution in [0.4, 0.5) is 11.4 Å². The molecule has 0 unspecified atom stereocenters. The normalized spacial score (nSPS) is 10.3. The van der Waals surface area contributed by atoms with Crippen LogP contribution in [0.15, 0.2) is 30.6 Å². The number of hydrogen-bond acceptors (Lipinski definition) is 4. The van der Waals surface area contributed by atoms with E-state index in [1.165, 1.54) is 0 Å². The maximum Gasteiger partial charge on any atom is 0.0692 e. The minimum absolute atomic E-state index is 0.795. The molecule has 16 heavy (non-hydrogen) atoms. The highest BCUT2D eigenvalue weighted by molar-refractivity contribution is 5.56. The predicted molar refractivity (Wildman–Crippen MR) is 64.1 cm³/mol. The lowest BCUT2D eigenvalue weighted by molar-refractivity contribution is 0.609. The van der Waals surface area contributed by atoms with Gasteiger partial charge < -0.3 is 11.1 Å². The summed E-state index contributed by atoms with van der Waals surface area (Å²) in [7, 11) is 0. The van der Waals surface area contributed by atoms with Crippen LogP contribution >= 0.6 is 0 Å². The van der Waals surface area contributed by atoms with Crippen LogP contribution in [0.25, 0.3) is 0 Å². The summed E-state index contributed by atoms with van der Waals surface area (Å²) >= 11 is 0. The van der Waals surface area contributed by atoms with E-state index in [1.54, 1.807) is 10.9 Å². The van der Waals surface area contributed by atoms with Crippen molar-refractivity contribution >= 4 is 11.4 Å². The van der Waals surface area contributed by atoms with Crippen LogP contribution in [0.3, 0.4) is 0 Å². The third-order valence-electron chi connectivity index (χ3n) is 2.41. The van der Waals surface area contributed by atoms with E-state index >= 15 is 0 Å². The molecule has 84 valence electrons. The zero-order valence-corrected chi connectivity index (χ0v) is 9.22. The standard InChI is InChI=1S/C11H15N5/c1-9-8-10(2-3-11(9)12)13-4-6-16-7-5-14-15-16/h2-3,5,7-8,13H,4,6,12H2,1H3. The van der Waals surface area contributed by atoms with Gasteiger partial charge in [0, 0.05) is 24.1 Å². The van der Waals surface area contributed by atoms with E-state index in [9.17, 15) is 0 Å². The molecule has 5 nitrogen and oxygen atoms in total.